The molecule has 118 valence electrons. The van der Waals surface area contributed by atoms with E-state index in [0.29, 0.717) is 13.1 Å². The molecule has 2 heterocycles. The third kappa shape index (κ3) is 3.66. The number of nitrogens with zero attached hydrogens (tertiary/aromatic N) is 2. The van der Waals surface area contributed by atoms with Gasteiger partial charge in [0.1, 0.15) is 4.90 Å². The molecule has 1 aromatic rings. The minimum atomic E-state index is -3.57. The van der Waals surface area contributed by atoms with Crippen LogP contribution in [0.3, 0.4) is 0 Å². The summed E-state index contributed by atoms with van der Waals surface area (Å²) in [7, 11) is -3.57. The van der Waals surface area contributed by atoms with Crippen molar-refractivity contribution in [3.05, 3.63) is 17.3 Å². The minimum absolute atomic E-state index is 0.103. The number of hydrogen-bond donors (Lipinski definition) is 2. The number of hydrazine groups is 1. The van der Waals surface area contributed by atoms with Crippen LogP contribution in [0.4, 0.5) is 5.82 Å². The van der Waals surface area contributed by atoms with Crippen molar-refractivity contribution < 1.29 is 8.42 Å². The van der Waals surface area contributed by atoms with Crippen molar-refractivity contribution in [1.29, 1.82) is 0 Å². The van der Waals surface area contributed by atoms with Gasteiger partial charge in [-0.1, -0.05) is 25.4 Å². The lowest BCUT2D eigenvalue weighted by Gasteiger charge is -2.23. The smallest absolute Gasteiger partial charge is 0.244 e. The van der Waals surface area contributed by atoms with E-state index in [-0.39, 0.29) is 21.2 Å². The predicted octanol–water partition coefficient (Wildman–Crippen LogP) is 2.22. The van der Waals surface area contributed by atoms with Crippen LogP contribution in [-0.2, 0) is 10.0 Å². The van der Waals surface area contributed by atoms with Gasteiger partial charge in [-0.3, -0.25) is 0 Å². The van der Waals surface area contributed by atoms with Crippen LogP contribution in [0, 0.1) is 5.41 Å². The second kappa shape index (κ2) is 6.08. The molecular formula is C13H21ClN4O2S. The molecule has 2 rings (SSSR count). The van der Waals surface area contributed by atoms with E-state index in [1.165, 1.54) is 16.6 Å². The lowest BCUT2D eigenvalue weighted by atomic mass is 9.85. The van der Waals surface area contributed by atoms with Crippen molar-refractivity contribution in [3.8, 4) is 0 Å². The van der Waals surface area contributed by atoms with Gasteiger partial charge in [0.2, 0.25) is 10.0 Å². The molecular weight excluding hydrogens is 312 g/mol. The minimum Gasteiger partial charge on any atom is -0.307 e. The molecule has 0 unspecified atom stereocenters. The number of nitrogens with one attached hydrogen (secondary N) is 1. The Bertz CT molecular complexity index is 619. The van der Waals surface area contributed by atoms with Crippen molar-refractivity contribution in [3.63, 3.8) is 0 Å². The first kappa shape index (κ1) is 16.5. The maximum atomic E-state index is 12.7. The maximum absolute atomic E-state index is 12.7. The fourth-order valence-corrected chi connectivity index (χ4v) is 4.19. The highest BCUT2D eigenvalue weighted by molar-refractivity contribution is 7.89. The summed E-state index contributed by atoms with van der Waals surface area (Å²) in [5.74, 6) is 5.50. The number of nitrogen functional groups attached to an aromatic ring is 1. The molecule has 8 heteroatoms. The molecule has 1 fully saturated rings. The summed E-state index contributed by atoms with van der Waals surface area (Å²) in [4.78, 5) is 4.04. The fraction of sp³-hybridized carbons (Fsp3) is 0.615. The number of aromatic nitrogens is 1. The highest BCUT2D eigenvalue weighted by Gasteiger charge is 2.30. The molecule has 0 amide bonds. The van der Waals surface area contributed by atoms with E-state index in [2.05, 4.69) is 24.3 Å². The normalized spacial score (nSPS) is 20.0. The molecule has 21 heavy (non-hydrogen) atoms. The number of hydrogen-bond acceptors (Lipinski definition) is 5. The summed E-state index contributed by atoms with van der Waals surface area (Å²) >= 11 is 5.96. The van der Waals surface area contributed by atoms with Crippen molar-refractivity contribution >= 4 is 27.4 Å². The largest absolute Gasteiger partial charge is 0.307 e. The molecule has 0 radical (unpaired) electrons. The molecule has 0 aliphatic carbocycles. The monoisotopic (exact) mass is 332 g/mol. The zero-order valence-corrected chi connectivity index (χ0v) is 13.8. The molecule has 0 atom stereocenters. The number of rotatable bonds is 3. The van der Waals surface area contributed by atoms with Crippen LogP contribution in [0.25, 0.3) is 0 Å². The van der Waals surface area contributed by atoms with E-state index in [9.17, 15) is 8.42 Å². The Morgan fingerprint density at radius 2 is 2.10 bits per heavy atom. The topological polar surface area (TPSA) is 88.3 Å². The molecule has 6 nitrogen and oxygen atoms in total. The Labute approximate surface area is 130 Å². The van der Waals surface area contributed by atoms with Gasteiger partial charge in [-0.2, -0.15) is 4.31 Å². The first-order chi connectivity index (χ1) is 9.76. The van der Waals surface area contributed by atoms with Crippen molar-refractivity contribution in [2.45, 2.75) is 38.0 Å². The van der Waals surface area contributed by atoms with Crippen LogP contribution in [-0.4, -0.2) is 30.8 Å². The first-order valence-electron chi connectivity index (χ1n) is 6.89. The predicted molar refractivity (Wildman–Crippen MR) is 83.4 cm³/mol. The fourth-order valence-electron chi connectivity index (χ4n) is 2.46. The molecule has 1 aliphatic heterocycles. The molecule has 0 bridgehead atoms. The van der Waals surface area contributed by atoms with E-state index in [1.54, 1.807) is 0 Å². The Balaban J connectivity index is 2.27. The van der Waals surface area contributed by atoms with Gasteiger partial charge in [-0.05, 0) is 30.7 Å². The third-order valence-electron chi connectivity index (χ3n) is 3.89. The molecule has 1 saturated heterocycles. The molecule has 1 aromatic heterocycles. The van der Waals surface area contributed by atoms with Crippen LogP contribution >= 0.6 is 11.6 Å². The quantitative estimate of drug-likeness (QED) is 0.654. The molecule has 0 saturated carbocycles. The average molecular weight is 333 g/mol. The Morgan fingerprint density at radius 3 is 2.71 bits per heavy atom. The zero-order valence-electron chi connectivity index (χ0n) is 12.3. The Kier molecular flexibility index (Phi) is 4.77. The zero-order chi connectivity index (χ0) is 15.7. The molecule has 0 spiro atoms. The van der Waals surface area contributed by atoms with Gasteiger partial charge in [0.15, 0.2) is 5.82 Å². The number of halogens is 1. The van der Waals surface area contributed by atoms with Crippen molar-refractivity contribution in [2.24, 2.45) is 11.3 Å². The van der Waals surface area contributed by atoms with Crippen molar-refractivity contribution in [2.75, 3.05) is 18.5 Å². The summed E-state index contributed by atoms with van der Waals surface area (Å²) < 4.78 is 26.9. The second-order valence-electron chi connectivity index (χ2n) is 6.07. The number of anilines is 1. The van der Waals surface area contributed by atoms with Crippen LogP contribution < -0.4 is 11.3 Å². The summed E-state index contributed by atoms with van der Waals surface area (Å²) in [6.07, 6.45) is 4.01. The lowest BCUT2D eigenvalue weighted by Crippen LogP contribution is -2.32. The van der Waals surface area contributed by atoms with E-state index in [4.69, 9.17) is 17.4 Å². The summed E-state index contributed by atoms with van der Waals surface area (Å²) in [5, 5.41) is 0.189. The summed E-state index contributed by atoms with van der Waals surface area (Å²) in [5.41, 5.74) is 2.50. The van der Waals surface area contributed by atoms with Crippen molar-refractivity contribution in [1.82, 2.24) is 9.29 Å². The van der Waals surface area contributed by atoms with E-state index < -0.39 is 10.0 Å². The Morgan fingerprint density at radius 1 is 1.38 bits per heavy atom. The van der Waals surface area contributed by atoms with Gasteiger partial charge in [0.25, 0.3) is 0 Å². The SMILES string of the molecule is CC1(C)CCCN(S(=O)(=O)c2cnc(NN)c(Cl)c2)CC1. The van der Waals surface area contributed by atoms with E-state index in [0.717, 1.165) is 19.3 Å². The number of sulfonamides is 1. The van der Waals surface area contributed by atoms with Gasteiger partial charge in [0, 0.05) is 19.3 Å². The van der Waals surface area contributed by atoms with Crippen LogP contribution in [0.15, 0.2) is 17.2 Å². The third-order valence-corrected chi connectivity index (χ3v) is 6.04. The first-order valence-corrected chi connectivity index (χ1v) is 8.70. The highest BCUT2D eigenvalue weighted by Crippen LogP contribution is 2.32. The van der Waals surface area contributed by atoms with Gasteiger partial charge in [-0.15, -0.1) is 0 Å². The van der Waals surface area contributed by atoms with Crippen LogP contribution in [0.5, 0.6) is 0 Å². The second-order valence-corrected chi connectivity index (χ2v) is 8.41. The summed E-state index contributed by atoms with van der Waals surface area (Å²) in [6, 6.07) is 1.38. The van der Waals surface area contributed by atoms with Crippen LogP contribution in [0.2, 0.25) is 5.02 Å². The summed E-state index contributed by atoms with van der Waals surface area (Å²) in [6.45, 7) is 5.39. The highest BCUT2D eigenvalue weighted by atomic mass is 35.5. The molecule has 3 N–H and O–H groups in total. The van der Waals surface area contributed by atoms with Gasteiger partial charge in [-0.25, -0.2) is 19.2 Å². The van der Waals surface area contributed by atoms with Gasteiger partial charge >= 0.3 is 0 Å². The number of nitrogens with two attached hydrogens (primary N) is 1. The number of pyridine rings is 1. The van der Waals surface area contributed by atoms with Gasteiger partial charge in [0.05, 0.1) is 5.02 Å². The lowest BCUT2D eigenvalue weighted by molar-refractivity contribution is 0.315. The molecule has 0 aromatic carbocycles. The van der Waals surface area contributed by atoms with E-state index >= 15 is 0 Å². The standard InChI is InChI=1S/C13H21ClN4O2S/c1-13(2)4-3-6-18(7-5-13)21(19,20)10-8-11(14)12(17-15)16-9-10/h8-9H,3-7,15H2,1-2H3,(H,16,17). The maximum Gasteiger partial charge on any atom is 0.244 e. The average Bonchev–Trinajstić information content (AvgIpc) is 2.60. The van der Waals surface area contributed by atoms with Gasteiger partial charge < -0.3 is 5.43 Å². The Hall–Kier alpha value is -0.890. The van der Waals surface area contributed by atoms with E-state index in [1.807, 2.05) is 0 Å². The molecule has 1 aliphatic rings. The van der Waals surface area contributed by atoms with Crippen LogP contribution in [0.1, 0.15) is 33.1 Å².